The van der Waals surface area contributed by atoms with Crippen LogP contribution in [0.5, 0.6) is 0 Å². The van der Waals surface area contributed by atoms with Gasteiger partial charge in [-0.2, -0.15) is 0 Å². The molecule has 0 amide bonds. The molecule has 0 aromatic carbocycles. The summed E-state index contributed by atoms with van der Waals surface area (Å²) in [6.07, 6.45) is -16.0. The summed E-state index contributed by atoms with van der Waals surface area (Å²) >= 11 is 0. The van der Waals surface area contributed by atoms with Gasteiger partial charge in [-0.05, 0) is 0 Å². The zero-order valence-electron chi connectivity index (χ0n) is 12.0. The van der Waals surface area contributed by atoms with Crippen molar-refractivity contribution < 1.29 is 50.3 Å². The number of ether oxygens (including phenoxy) is 2. The average Bonchev–Trinajstić information content (AvgIpc) is 2.54. The van der Waals surface area contributed by atoms with Gasteiger partial charge < -0.3 is 56.1 Å². The molecule has 11 atom stereocenters. The molecular weight excluding hydrogens is 318 g/mol. The van der Waals surface area contributed by atoms with Gasteiger partial charge >= 0.3 is 0 Å². The van der Waals surface area contributed by atoms with Gasteiger partial charge in [-0.1, -0.05) is 0 Å². The van der Waals surface area contributed by atoms with E-state index < -0.39 is 73.9 Å². The number of rotatable bonds is 3. The zero-order chi connectivity index (χ0) is 17.5. The summed E-state index contributed by atoms with van der Waals surface area (Å²) in [5, 5.41) is 77.2. The Morgan fingerprint density at radius 1 is 0.739 bits per heavy atom. The molecule has 1 aliphatic heterocycles. The van der Waals surface area contributed by atoms with Gasteiger partial charge in [0.2, 0.25) is 0 Å². The summed E-state index contributed by atoms with van der Waals surface area (Å²) < 4.78 is 10.4. The van der Waals surface area contributed by atoms with E-state index >= 15 is 0 Å². The van der Waals surface area contributed by atoms with Crippen molar-refractivity contribution in [1.29, 1.82) is 0 Å². The maximum Gasteiger partial charge on any atom is 0.187 e. The lowest BCUT2D eigenvalue weighted by Crippen LogP contribution is -2.69. The lowest BCUT2D eigenvalue weighted by atomic mass is 9.83. The van der Waals surface area contributed by atoms with Crippen molar-refractivity contribution in [3.8, 4) is 0 Å². The van der Waals surface area contributed by atoms with Crippen LogP contribution >= 0.6 is 0 Å². The second kappa shape index (κ2) is 7.21. The first kappa shape index (κ1) is 18.9. The van der Waals surface area contributed by atoms with E-state index in [2.05, 4.69) is 0 Å². The van der Waals surface area contributed by atoms with E-state index in [-0.39, 0.29) is 0 Å². The van der Waals surface area contributed by atoms with E-state index in [9.17, 15) is 35.7 Å². The van der Waals surface area contributed by atoms with E-state index in [0.717, 1.165) is 0 Å². The van der Waals surface area contributed by atoms with Crippen molar-refractivity contribution >= 4 is 0 Å². The molecule has 23 heavy (non-hydrogen) atoms. The predicted molar refractivity (Wildman–Crippen MR) is 70.6 cm³/mol. The Bertz CT molecular complexity index is 382. The van der Waals surface area contributed by atoms with Crippen LogP contribution in [0, 0.1) is 0 Å². The lowest BCUT2D eigenvalue weighted by Gasteiger charge is -2.46. The smallest absolute Gasteiger partial charge is 0.187 e. The molecule has 2 rings (SSSR count). The first-order valence-corrected chi connectivity index (χ1v) is 7.14. The van der Waals surface area contributed by atoms with Crippen LogP contribution in [0.25, 0.3) is 0 Å². The van der Waals surface area contributed by atoms with Crippen LogP contribution in [0.2, 0.25) is 0 Å². The summed E-state index contributed by atoms with van der Waals surface area (Å²) in [7, 11) is 0. The minimum absolute atomic E-state index is 0.673. The molecule has 2 fully saturated rings. The maximum absolute atomic E-state index is 9.93. The van der Waals surface area contributed by atoms with Gasteiger partial charge in [0.1, 0.15) is 54.9 Å². The minimum atomic E-state index is -1.75. The first-order chi connectivity index (χ1) is 10.7. The molecule has 10 N–H and O–H groups in total. The van der Waals surface area contributed by atoms with Crippen molar-refractivity contribution in [1.82, 2.24) is 0 Å². The van der Waals surface area contributed by atoms with Crippen LogP contribution in [0.3, 0.4) is 0 Å². The van der Waals surface area contributed by atoms with E-state index in [4.69, 9.17) is 20.3 Å². The van der Waals surface area contributed by atoms with Crippen LogP contribution < -0.4 is 5.73 Å². The predicted octanol–water partition coefficient (Wildman–Crippen LogP) is -6.04. The Hall–Kier alpha value is -0.440. The molecule has 1 aliphatic carbocycles. The molecule has 11 nitrogen and oxygen atoms in total. The Labute approximate surface area is 131 Å². The number of aliphatic hydroxyl groups excluding tert-OH is 8. The molecule has 2 aliphatic rings. The fourth-order valence-corrected chi connectivity index (χ4v) is 2.75. The first-order valence-electron chi connectivity index (χ1n) is 7.14. The third-order valence-corrected chi connectivity index (χ3v) is 4.30. The van der Waals surface area contributed by atoms with Crippen LogP contribution in [0.1, 0.15) is 0 Å². The SMILES string of the molecule is N[C@@H]1[C@H](O)[C@@H](O)[C@H](O)[C@@H](O)[C@@H]1O[C@@H]1O[C@H](CO)[C@@H](O)[C@H](O)[C@H]1O. The van der Waals surface area contributed by atoms with Crippen LogP contribution in [0.15, 0.2) is 0 Å². The second-order valence-corrected chi connectivity index (χ2v) is 5.84. The number of hydrogen-bond donors (Lipinski definition) is 9. The van der Waals surface area contributed by atoms with Crippen LogP contribution in [-0.4, -0.2) is 115 Å². The fraction of sp³-hybridized carbons (Fsp3) is 1.00. The maximum atomic E-state index is 9.93. The molecule has 0 unspecified atom stereocenters. The summed E-state index contributed by atoms with van der Waals surface area (Å²) in [4.78, 5) is 0. The fourth-order valence-electron chi connectivity index (χ4n) is 2.75. The van der Waals surface area contributed by atoms with E-state index in [1.165, 1.54) is 0 Å². The molecule has 1 saturated carbocycles. The third-order valence-electron chi connectivity index (χ3n) is 4.30. The van der Waals surface area contributed by atoms with Crippen molar-refractivity contribution in [2.24, 2.45) is 5.73 Å². The standard InChI is InChI=1S/C12H23NO10/c13-3-5(16)7(18)8(19)9(20)11(3)23-12-10(21)6(17)4(15)2(1-14)22-12/h2-12,14-21H,1,13H2/t2-,3-,4-,5+,6+,7-,8+,9-,10-,11-,12+/m1/s1. The number of aliphatic hydroxyl groups is 8. The third kappa shape index (κ3) is 3.36. The number of nitrogens with two attached hydrogens (primary N) is 1. The zero-order valence-corrected chi connectivity index (χ0v) is 12.0. The minimum Gasteiger partial charge on any atom is -0.394 e. The summed E-state index contributed by atoms with van der Waals surface area (Å²) in [6, 6.07) is -1.32. The van der Waals surface area contributed by atoms with Crippen molar-refractivity contribution in [3.63, 3.8) is 0 Å². The molecule has 1 heterocycles. The molecule has 0 bridgehead atoms. The highest BCUT2D eigenvalue weighted by Gasteiger charge is 2.51. The largest absolute Gasteiger partial charge is 0.394 e. The van der Waals surface area contributed by atoms with Gasteiger partial charge in [0.25, 0.3) is 0 Å². The second-order valence-electron chi connectivity index (χ2n) is 5.84. The molecule has 0 radical (unpaired) electrons. The van der Waals surface area contributed by atoms with E-state index in [1.54, 1.807) is 0 Å². The van der Waals surface area contributed by atoms with Gasteiger partial charge in [-0.25, -0.2) is 0 Å². The van der Waals surface area contributed by atoms with Gasteiger partial charge in [0, 0.05) is 0 Å². The molecule has 0 aromatic heterocycles. The van der Waals surface area contributed by atoms with Gasteiger partial charge in [0.05, 0.1) is 12.6 Å². The Kier molecular flexibility index (Phi) is 5.92. The molecule has 0 aromatic rings. The molecule has 136 valence electrons. The highest BCUT2D eigenvalue weighted by molar-refractivity contribution is 5.02. The topological polar surface area (TPSA) is 206 Å². The molecule has 11 heteroatoms. The van der Waals surface area contributed by atoms with Gasteiger partial charge in [0.15, 0.2) is 6.29 Å². The summed E-state index contributed by atoms with van der Waals surface area (Å²) in [6.45, 7) is -0.673. The lowest BCUT2D eigenvalue weighted by molar-refractivity contribution is -0.329. The summed E-state index contributed by atoms with van der Waals surface area (Å²) in [5.74, 6) is 0. The average molecular weight is 341 g/mol. The highest BCUT2D eigenvalue weighted by Crippen LogP contribution is 2.28. The molecular formula is C12H23NO10. The summed E-state index contributed by atoms with van der Waals surface area (Å²) in [5.41, 5.74) is 5.65. The van der Waals surface area contributed by atoms with Crippen LogP contribution in [-0.2, 0) is 9.47 Å². The number of hydrogen-bond acceptors (Lipinski definition) is 11. The van der Waals surface area contributed by atoms with E-state index in [0.29, 0.717) is 0 Å². The monoisotopic (exact) mass is 341 g/mol. The van der Waals surface area contributed by atoms with Gasteiger partial charge in [-0.3, -0.25) is 0 Å². The van der Waals surface area contributed by atoms with E-state index in [1.807, 2.05) is 0 Å². The Morgan fingerprint density at radius 3 is 1.83 bits per heavy atom. The van der Waals surface area contributed by atoms with Gasteiger partial charge in [-0.15, -0.1) is 0 Å². The quantitative estimate of drug-likeness (QED) is 0.236. The Morgan fingerprint density at radius 2 is 1.26 bits per heavy atom. The van der Waals surface area contributed by atoms with Crippen molar-refractivity contribution in [2.45, 2.75) is 67.3 Å². The Balaban J connectivity index is 2.13. The molecule has 0 spiro atoms. The van der Waals surface area contributed by atoms with Crippen molar-refractivity contribution in [3.05, 3.63) is 0 Å². The molecule has 1 saturated heterocycles. The van der Waals surface area contributed by atoms with Crippen molar-refractivity contribution in [2.75, 3.05) is 6.61 Å². The highest BCUT2D eigenvalue weighted by atomic mass is 16.7. The normalized spacial score (nSPS) is 54.9. The van der Waals surface area contributed by atoms with Crippen LogP contribution in [0.4, 0.5) is 0 Å².